The van der Waals surface area contributed by atoms with E-state index in [9.17, 15) is 0 Å². The van der Waals surface area contributed by atoms with Crippen molar-refractivity contribution in [2.45, 2.75) is 57.2 Å². The molecule has 0 unspecified atom stereocenters. The van der Waals surface area contributed by atoms with Crippen molar-refractivity contribution in [3.8, 4) is 0 Å². The van der Waals surface area contributed by atoms with Crippen LogP contribution in [0.25, 0.3) is 0 Å². The van der Waals surface area contributed by atoms with Gasteiger partial charge in [0.15, 0.2) is 0 Å². The molecule has 3 heteroatoms. The quantitative estimate of drug-likeness (QED) is 0.654. The fourth-order valence-corrected chi connectivity index (χ4v) is 6.58. The van der Waals surface area contributed by atoms with Gasteiger partial charge in [0.25, 0.3) is 0 Å². The molecule has 0 aromatic heterocycles. The maximum atomic E-state index is 3.64. The molecule has 5 rings (SSSR count). The van der Waals surface area contributed by atoms with Crippen molar-refractivity contribution in [2.75, 3.05) is 19.6 Å². The lowest BCUT2D eigenvalue weighted by atomic mass is 9.68. The van der Waals surface area contributed by atoms with Crippen molar-refractivity contribution in [3.63, 3.8) is 0 Å². The average Bonchev–Trinajstić information content (AvgIpc) is 2.62. The first-order valence-corrected chi connectivity index (χ1v) is 11.0. The summed E-state index contributed by atoms with van der Waals surface area (Å²) < 4.78 is 1.20. The van der Waals surface area contributed by atoms with Crippen LogP contribution in [0.3, 0.4) is 0 Å². The summed E-state index contributed by atoms with van der Waals surface area (Å²) in [5, 5.41) is 0. The van der Waals surface area contributed by atoms with E-state index in [0.717, 1.165) is 24.4 Å². The van der Waals surface area contributed by atoms with Gasteiger partial charge in [0.1, 0.15) is 0 Å². The van der Waals surface area contributed by atoms with Crippen molar-refractivity contribution in [2.24, 2.45) is 11.8 Å². The Hall–Kier alpha value is -0.640. The van der Waals surface area contributed by atoms with Crippen molar-refractivity contribution in [1.82, 2.24) is 9.80 Å². The molecule has 3 saturated heterocycles. The third-order valence-electron chi connectivity index (χ3n) is 7.04. The smallest absolute Gasteiger partial charge is 0.0351 e. The van der Waals surface area contributed by atoms with E-state index in [4.69, 9.17) is 0 Å². The molecule has 25 heavy (non-hydrogen) atoms. The van der Waals surface area contributed by atoms with E-state index in [1.54, 1.807) is 5.57 Å². The normalized spacial score (nSPS) is 35.6. The summed E-state index contributed by atoms with van der Waals surface area (Å²) in [7, 11) is 0. The molecular formula is C22H29BrN2. The zero-order chi connectivity index (χ0) is 16.8. The average molecular weight is 401 g/mol. The van der Waals surface area contributed by atoms with Gasteiger partial charge in [-0.25, -0.2) is 0 Å². The van der Waals surface area contributed by atoms with E-state index in [0.29, 0.717) is 6.04 Å². The van der Waals surface area contributed by atoms with Gasteiger partial charge in [0.2, 0.25) is 0 Å². The SMILES string of the molecule is Brc1cccc(CN2CCCC3=C[C@H]4C[C@@H](CN5CCCC[C@H]45)[C@@H]32)c1. The molecule has 3 aliphatic heterocycles. The van der Waals surface area contributed by atoms with Crippen molar-refractivity contribution in [3.05, 3.63) is 46.0 Å². The molecule has 4 atom stereocenters. The molecule has 0 spiro atoms. The number of hydrogen-bond donors (Lipinski definition) is 0. The largest absolute Gasteiger partial charge is 0.299 e. The van der Waals surface area contributed by atoms with Gasteiger partial charge in [-0.2, -0.15) is 0 Å². The van der Waals surface area contributed by atoms with E-state index in [-0.39, 0.29) is 0 Å². The number of benzene rings is 1. The first-order valence-electron chi connectivity index (χ1n) is 10.2. The molecule has 1 aromatic rings. The maximum absolute atomic E-state index is 3.64. The number of hydrogen-bond acceptors (Lipinski definition) is 2. The first kappa shape index (κ1) is 16.5. The molecule has 0 N–H and O–H groups in total. The Labute approximate surface area is 160 Å². The second-order valence-electron chi connectivity index (χ2n) is 8.61. The summed E-state index contributed by atoms with van der Waals surface area (Å²) in [6.45, 7) is 5.06. The molecule has 134 valence electrons. The van der Waals surface area contributed by atoms with E-state index in [2.05, 4.69) is 56.1 Å². The van der Waals surface area contributed by atoms with Gasteiger partial charge in [0.05, 0.1) is 0 Å². The van der Waals surface area contributed by atoms with Crippen LogP contribution in [-0.2, 0) is 6.54 Å². The topological polar surface area (TPSA) is 6.48 Å². The lowest BCUT2D eigenvalue weighted by Gasteiger charge is -2.54. The number of piperidine rings is 3. The Bertz CT molecular complexity index is 670. The lowest BCUT2D eigenvalue weighted by Crippen LogP contribution is -2.58. The molecule has 3 heterocycles. The van der Waals surface area contributed by atoms with Crippen LogP contribution in [0.4, 0.5) is 0 Å². The summed E-state index contributed by atoms with van der Waals surface area (Å²) >= 11 is 3.64. The number of halogens is 1. The monoisotopic (exact) mass is 400 g/mol. The van der Waals surface area contributed by atoms with Crippen LogP contribution < -0.4 is 0 Å². The molecule has 4 aliphatic rings. The molecule has 0 radical (unpaired) electrons. The van der Waals surface area contributed by atoms with Crippen molar-refractivity contribution in [1.29, 1.82) is 0 Å². The summed E-state index contributed by atoms with van der Waals surface area (Å²) in [4.78, 5) is 5.64. The van der Waals surface area contributed by atoms with Crippen LogP contribution in [0.1, 0.15) is 44.1 Å². The Balaban J connectivity index is 1.41. The highest BCUT2D eigenvalue weighted by molar-refractivity contribution is 9.10. The van der Waals surface area contributed by atoms with Gasteiger partial charge >= 0.3 is 0 Å². The third kappa shape index (κ3) is 3.13. The number of nitrogens with zero attached hydrogens (tertiary/aromatic N) is 2. The van der Waals surface area contributed by atoms with Gasteiger partial charge in [-0.05, 0) is 74.7 Å². The van der Waals surface area contributed by atoms with Gasteiger partial charge in [-0.1, -0.05) is 46.1 Å². The lowest BCUT2D eigenvalue weighted by molar-refractivity contribution is -0.00264. The summed E-state index contributed by atoms with van der Waals surface area (Å²) in [6.07, 6.45) is 11.2. The zero-order valence-corrected chi connectivity index (χ0v) is 16.6. The highest BCUT2D eigenvalue weighted by Gasteiger charge is 2.45. The van der Waals surface area contributed by atoms with Crippen LogP contribution in [0.5, 0.6) is 0 Å². The van der Waals surface area contributed by atoms with E-state index in [1.807, 2.05) is 0 Å². The van der Waals surface area contributed by atoms with Gasteiger partial charge in [-0.15, -0.1) is 0 Å². The highest BCUT2D eigenvalue weighted by atomic mass is 79.9. The third-order valence-corrected chi connectivity index (χ3v) is 7.53. The van der Waals surface area contributed by atoms with Gasteiger partial charge in [0, 0.05) is 29.6 Å². The fraction of sp³-hybridized carbons (Fsp3) is 0.636. The maximum Gasteiger partial charge on any atom is 0.0351 e. The standard InChI is InChI=1S/C22H29BrN2/c23-20-7-3-5-16(11-20)14-25-10-4-6-17-12-18-13-19(22(17)25)15-24-9-2-1-8-21(18)24/h3,5,7,11-12,18-19,21-22H,1-2,4,6,8-10,13-15H2/t18-,19-,21+,22+/m0/s1. The molecule has 2 bridgehead atoms. The van der Waals surface area contributed by atoms with Gasteiger partial charge < -0.3 is 0 Å². The second kappa shape index (κ2) is 6.83. The Kier molecular flexibility index (Phi) is 4.51. The second-order valence-corrected chi connectivity index (χ2v) is 9.52. The van der Waals surface area contributed by atoms with Crippen LogP contribution in [-0.4, -0.2) is 41.5 Å². The van der Waals surface area contributed by atoms with Crippen molar-refractivity contribution >= 4 is 15.9 Å². The van der Waals surface area contributed by atoms with Crippen molar-refractivity contribution < 1.29 is 0 Å². The summed E-state index contributed by atoms with van der Waals surface area (Å²) in [6, 6.07) is 10.5. The molecular weight excluding hydrogens is 372 g/mol. The molecule has 1 aromatic carbocycles. The van der Waals surface area contributed by atoms with E-state index in [1.165, 1.54) is 68.2 Å². The first-order chi connectivity index (χ1) is 12.3. The molecule has 0 amide bonds. The Morgan fingerprint density at radius 1 is 1.12 bits per heavy atom. The predicted octanol–water partition coefficient (Wildman–Crippen LogP) is 4.84. The molecule has 2 nitrogen and oxygen atoms in total. The summed E-state index contributed by atoms with van der Waals surface area (Å²) in [5.41, 5.74) is 3.23. The highest BCUT2D eigenvalue weighted by Crippen LogP contribution is 2.45. The van der Waals surface area contributed by atoms with Crippen LogP contribution in [0.2, 0.25) is 0 Å². The summed E-state index contributed by atoms with van der Waals surface area (Å²) in [5.74, 6) is 1.70. The van der Waals surface area contributed by atoms with E-state index >= 15 is 0 Å². The minimum atomic E-state index is 0.701. The predicted molar refractivity (Wildman–Crippen MR) is 106 cm³/mol. The zero-order valence-electron chi connectivity index (χ0n) is 15.0. The van der Waals surface area contributed by atoms with E-state index < -0.39 is 0 Å². The van der Waals surface area contributed by atoms with Crippen LogP contribution in [0.15, 0.2) is 40.4 Å². The molecule has 3 fully saturated rings. The number of likely N-dealkylation sites (tertiary alicyclic amines) is 1. The van der Waals surface area contributed by atoms with Crippen LogP contribution >= 0.6 is 15.9 Å². The van der Waals surface area contributed by atoms with Crippen LogP contribution in [0, 0.1) is 11.8 Å². The Morgan fingerprint density at radius 2 is 2.08 bits per heavy atom. The number of fused-ring (bicyclic) bond motifs is 6. The minimum Gasteiger partial charge on any atom is -0.299 e. The Morgan fingerprint density at radius 3 is 3.00 bits per heavy atom. The fourth-order valence-electron chi connectivity index (χ4n) is 6.13. The minimum absolute atomic E-state index is 0.701. The number of rotatable bonds is 2. The molecule has 0 saturated carbocycles. The van der Waals surface area contributed by atoms with Gasteiger partial charge in [-0.3, -0.25) is 9.80 Å². The molecule has 1 aliphatic carbocycles.